The summed E-state index contributed by atoms with van der Waals surface area (Å²) in [7, 11) is 0. The van der Waals surface area contributed by atoms with Crippen molar-refractivity contribution in [3.05, 3.63) is 34.8 Å². The van der Waals surface area contributed by atoms with Gasteiger partial charge in [0, 0.05) is 13.2 Å². The van der Waals surface area contributed by atoms with E-state index in [9.17, 15) is 9.90 Å². The van der Waals surface area contributed by atoms with E-state index in [0.717, 1.165) is 0 Å². The van der Waals surface area contributed by atoms with E-state index in [1.807, 2.05) is 0 Å². The molecule has 0 aliphatic heterocycles. The number of nitrogens with two attached hydrogens (primary N) is 1. The molecule has 1 fully saturated rings. The van der Waals surface area contributed by atoms with Crippen molar-refractivity contribution in [1.82, 2.24) is 0 Å². The molecule has 0 spiro atoms. The van der Waals surface area contributed by atoms with Gasteiger partial charge in [-0.05, 0) is 30.7 Å². The minimum absolute atomic E-state index is 0.833. The highest BCUT2D eigenvalue weighted by atomic mass is 35.5. The average Bonchev–Trinajstić information content (AvgIpc) is 2.55. The lowest BCUT2D eigenvalue weighted by molar-refractivity contribution is -0.136. The molecule has 0 bridgehead atoms. The summed E-state index contributed by atoms with van der Waals surface area (Å²) in [5.41, 5.74) is 1.35. The fourth-order valence-electron chi connectivity index (χ4n) is 1.23. The summed E-state index contributed by atoms with van der Waals surface area (Å²) in [4.78, 5) is 12.8. The van der Waals surface area contributed by atoms with Crippen LogP contribution in [-0.4, -0.2) is 17.0 Å². The minimum atomic E-state index is -3.88. The van der Waals surface area contributed by atoms with Crippen LogP contribution in [-0.2, 0) is 10.3 Å². The van der Waals surface area contributed by atoms with Gasteiger partial charge in [-0.1, -0.05) is 29.7 Å². The Morgan fingerprint density at radius 1 is 1.69 bits per heavy atom. The number of aliphatic hydroxyl groups is 1. The molecule has 4 heteroatoms. The molecule has 1 aliphatic carbocycles. The van der Waals surface area contributed by atoms with Crippen molar-refractivity contribution >= 4 is 17.4 Å². The predicted octanol–water partition coefficient (Wildman–Crippen LogP) is 1.61. The summed E-state index contributed by atoms with van der Waals surface area (Å²) < 4.78 is 85.6. The molecule has 0 aromatic heterocycles. The Balaban J connectivity index is 3.06. The number of Topliss-reactive ketones (excluding diaryl/α,β-unsaturated/α-hetero) is 1. The zero-order chi connectivity index (χ0) is 21.5. The van der Waals surface area contributed by atoms with Crippen molar-refractivity contribution in [1.29, 1.82) is 0 Å². The number of carbonyl (C=O) groups excluding carboxylic acids is 1. The number of hydrogen-bond donors (Lipinski definition) is 2. The van der Waals surface area contributed by atoms with Gasteiger partial charge in [0.15, 0.2) is 5.78 Å². The van der Waals surface area contributed by atoms with E-state index in [0.29, 0.717) is 0 Å². The van der Waals surface area contributed by atoms with E-state index >= 15 is 0 Å². The number of halogens is 1. The van der Waals surface area contributed by atoms with Crippen LogP contribution in [0.5, 0.6) is 0 Å². The third-order valence-corrected chi connectivity index (χ3v) is 2.33. The average molecular weight is 251 g/mol. The van der Waals surface area contributed by atoms with Gasteiger partial charge in [-0.25, -0.2) is 0 Å². The highest BCUT2D eigenvalue weighted by molar-refractivity contribution is 6.31. The predicted molar refractivity (Wildman–Crippen MR) is 62.2 cm³/mol. The molecule has 2 unspecified atom stereocenters. The second kappa shape index (κ2) is 4.17. The number of carbonyl (C=O) groups is 1. The third kappa shape index (κ3) is 1.75. The van der Waals surface area contributed by atoms with Crippen molar-refractivity contribution in [3.8, 4) is 0 Å². The lowest BCUT2D eigenvalue weighted by atomic mass is 9.75. The maximum atomic E-state index is 12.8. The van der Waals surface area contributed by atoms with Crippen LogP contribution in [0.3, 0.4) is 0 Å². The first kappa shape index (κ1) is 4.09. The number of rotatable bonds is 1. The smallest absolute Gasteiger partial charge is 0.185 e. The quantitative estimate of drug-likeness (QED) is 0.796. The molecule has 1 saturated carbocycles. The lowest BCUT2D eigenvalue weighted by Gasteiger charge is -2.35. The first-order valence-electron chi connectivity index (χ1n) is 9.66. The Kier molecular flexibility index (Phi) is 1.06. The first-order valence-corrected chi connectivity index (χ1v) is 4.53. The first-order chi connectivity index (χ1) is 11.8. The second-order valence-electron chi connectivity index (χ2n) is 3.05. The summed E-state index contributed by atoms with van der Waals surface area (Å²) in [6.45, 7) is 0. The molecule has 2 rings (SSSR count). The molecule has 86 valence electrons. The lowest BCUT2D eigenvalue weighted by Crippen LogP contribution is -2.52. The Labute approximate surface area is 115 Å². The highest BCUT2D eigenvalue weighted by Gasteiger charge is 2.43. The number of hydrogen-bond acceptors (Lipinski definition) is 3. The molecule has 1 aromatic rings. The minimum Gasteiger partial charge on any atom is -0.385 e. The Morgan fingerprint density at radius 3 is 3.12 bits per heavy atom. The van der Waals surface area contributed by atoms with E-state index in [1.165, 1.54) is 0 Å². The van der Waals surface area contributed by atoms with E-state index in [-0.39, 0.29) is 0 Å². The maximum Gasteiger partial charge on any atom is 0.185 e. The molecule has 2 atom stereocenters. The van der Waals surface area contributed by atoms with Gasteiger partial charge >= 0.3 is 0 Å². The standard InChI is InChI=1S/C12H14ClNO2/c13-9-5-2-1-4-8(9)12(14)7-3-6-10(15)11(12)16/h1-2,4-5,10,15H,3,6-7,14H2/i1D,2D,3D2,4D,5D,6D2,7D2,10D. The molecule has 16 heavy (non-hydrogen) atoms. The summed E-state index contributed by atoms with van der Waals surface area (Å²) >= 11 is 5.88. The zero-order valence-electron chi connectivity index (χ0n) is 18.8. The highest BCUT2D eigenvalue weighted by Crippen LogP contribution is 2.35. The van der Waals surface area contributed by atoms with Crippen LogP contribution in [0.15, 0.2) is 24.2 Å². The third-order valence-electron chi connectivity index (χ3n) is 2.05. The van der Waals surface area contributed by atoms with Gasteiger partial charge in [0.2, 0.25) is 0 Å². The number of ketones is 1. The van der Waals surface area contributed by atoms with Gasteiger partial charge in [-0.2, -0.15) is 0 Å². The van der Waals surface area contributed by atoms with Crippen LogP contribution in [0.1, 0.15) is 39.8 Å². The van der Waals surface area contributed by atoms with Gasteiger partial charge in [-0.15, -0.1) is 0 Å². The topological polar surface area (TPSA) is 63.3 Å². The Hall–Kier alpha value is -0.900. The molecule has 3 nitrogen and oxygen atoms in total. The maximum absolute atomic E-state index is 12.8. The molecule has 0 saturated heterocycles. The van der Waals surface area contributed by atoms with Crippen LogP contribution in [0.2, 0.25) is 5.02 Å². The number of benzene rings is 1. The van der Waals surface area contributed by atoms with Crippen LogP contribution < -0.4 is 5.73 Å². The molecule has 1 aliphatic rings. The van der Waals surface area contributed by atoms with Gasteiger partial charge in [0.25, 0.3) is 0 Å². The fraction of sp³-hybridized carbons (Fsp3) is 0.417. The normalized spacial score (nSPS) is 54.4. The second-order valence-corrected chi connectivity index (χ2v) is 3.43. The summed E-state index contributed by atoms with van der Waals surface area (Å²) in [6.07, 6.45) is -15.0. The van der Waals surface area contributed by atoms with Crippen molar-refractivity contribution in [2.24, 2.45) is 5.73 Å². The summed E-state index contributed by atoms with van der Waals surface area (Å²) in [5.74, 6) is -2.04. The monoisotopic (exact) mass is 250 g/mol. The van der Waals surface area contributed by atoms with Gasteiger partial charge in [-0.3, -0.25) is 4.79 Å². The Bertz CT molecular complexity index is 827. The van der Waals surface area contributed by atoms with Gasteiger partial charge < -0.3 is 10.8 Å². The van der Waals surface area contributed by atoms with Gasteiger partial charge in [0.1, 0.15) is 11.6 Å². The Morgan fingerprint density at radius 2 is 2.38 bits per heavy atom. The molecule has 0 heterocycles. The van der Waals surface area contributed by atoms with Crippen LogP contribution >= 0.6 is 11.6 Å². The van der Waals surface area contributed by atoms with E-state index in [4.69, 9.17) is 32.4 Å². The fourth-order valence-corrected chi connectivity index (χ4v) is 1.48. The van der Waals surface area contributed by atoms with Crippen molar-refractivity contribution in [2.45, 2.75) is 30.7 Å². The van der Waals surface area contributed by atoms with Crippen LogP contribution in [0.4, 0.5) is 0 Å². The van der Waals surface area contributed by atoms with Crippen LogP contribution in [0, 0.1) is 0 Å². The molecule has 1 aromatic carbocycles. The van der Waals surface area contributed by atoms with Crippen LogP contribution in [0.25, 0.3) is 0 Å². The van der Waals surface area contributed by atoms with Crippen molar-refractivity contribution in [2.75, 3.05) is 0 Å². The van der Waals surface area contributed by atoms with E-state index < -0.39 is 71.3 Å². The summed E-state index contributed by atoms with van der Waals surface area (Å²) in [6, 6.07) is -3.77. The van der Waals surface area contributed by atoms with E-state index in [2.05, 4.69) is 0 Å². The largest absolute Gasteiger partial charge is 0.385 e. The van der Waals surface area contributed by atoms with E-state index in [1.54, 1.807) is 0 Å². The zero-order valence-corrected chi connectivity index (χ0v) is 8.57. The molecule has 0 radical (unpaired) electrons. The molecule has 0 amide bonds. The van der Waals surface area contributed by atoms with Gasteiger partial charge in [0.05, 0.1) is 6.85 Å². The molecular formula is C12H14ClNO2. The molecule has 3 N–H and O–H groups in total. The van der Waals surface area contributed by atoms with Crippen molar-refractivity contribution < 1.29 is 25.0 Å². The van der Waals surface area contributed by atoms with Crippen molar-refractivity contribution in [3.63, 3.8) is 0 Å². The summed E-state index contributed by atoms with van der Waals surface area (Å²) in [5, 5.41) is 9.22. The molecular weight excluding hydrogens is 226 g/mol. The SMILES string of the molecule is [2H]c1c([2H])c([2H])c(C2(N)C(=O)C([2H])(O)C([2H])([2H])C([2H])([2H])C2([2H])[2H])c(Cl)c1[2H].